The van der Waals surface area contributed by atoms with Crippen molar-refractivity contribution in [1.82, 2.24) is 0 Å². The minimum atomic E-state index is 1.03. The van der Waals surface area contributed by atoms with Crippen LogP contribution in [-0.2, 0) is 0 Å². The van der Waals surface area contributed by atoms with E-state index in [1.165, 1.54) is 83.5 Å². The molecule has 118 valence electrons. The van der Waals surface area contributed by atoms with Crippen LogP contribution in [0.15, 0.2) is 12.2 Å². The molecule has 0 aliphatic carbocycles. The summed E-state index contributed by atoms with van der Waals surface area (Å²) in [6.45, 7) is 7.73. The van der Waals surface area contributed by atoms with E-state index < -0.39 is 0 Å². The van der Waals surface area contributed by atoms with Crippen LogP contribution in [0.25, 0.3) is 0 Å². The molecule has 0 unspecified atom stereocenters. The Labute approximate surface area is 129 Å². The summed E-state index contributed by atoms with van der Waals surface area (Å²) in [6, 6.07) is 0. The van der Waals surface area contributed by atoms with Crippen LogP contribution in [0, 0.1) is 13.8 Å². The largest absolute Gasteiger partial charge is 0.0885 e. The van der Waals surface area contributed by atoms with E-state index >= 15 is 0 Å². The van der Waals surface area contributed by atoms with Gasteiger partial charge in [0.25, 0.3) is 0 Å². The summed E-state index contributed by atoms with van der Waals surface area (Å²) < 4.78 is 0. The van der Waals surface area contributed by atoms with Crippen molar-refractivity contribution in [2.75, 3.05) is 0 Å². The van der Waals surface area contributed by atoms with Crippen LogP contribution in [-0.4, -0.2) is 0 Å². The molecule has 20 heavy (non-hydrogen) atoms. The molecule has 0 saturated heterocycles. The van der Waals surface area contributed by atoms with Crippen LogP contribution in [0.3, 0.4) is 0 Å². The smallest absolute Gasteiger partial charge is 0.0351 e. The average molecular weight is 279 g/mol. The van der Waals surface area contributed by atoms with Gasteiger partial charge in [-0.2, -0.15) is 0 Å². The third-order valence-corrected chi connectivity index (χ3v) is 3.91. The van der Waals surface area contributed by atoms with Gasteiger partial charge in [-0.25, -0.2) is 0 Å². The minimum absolute atomic E-state index is 1.03. The summed E-state index contributed by atoms with van der Waals surface area (Å²) >= 11 is 0. The van der Waals surface area contributed by atoms with Gasteiger partial charge >= 0.3 is 0 Å². The molecule has 0 aromatic heterocycles. The Kier molecular flexibility index (Phi) is 18.5. The summed E-state index contributed by atoms with van der Waals surface area (Å²) in [7, 11) is 0. The van der Waals surface area contributed by atoms with E-state index in [9.17, 15) is 0 Å². The molecule has 2 radical (unpaired) electrons. The van der Waals surface area contributed by atoms with Gasteiger partial charge in [0.15, 0.2) is 0 Å². The van der Waals surface area contributed by atoms with Crippen molar-refractivity contribution in [3.8, 4) is 0 Å². The predicted octanol–water partition coefficient (Wildman–Crippen LogP) is 7.45. The van der Waals surface area contributed by atoms with Gasteiger partial charge in [-0.1, -0.05) is 103 Å². The van der Waals surface area contributed by atoms with Crippen molar-refractivity contribution in [2.45, 2.75) is 103 Å². The van der Waals surface area contributed by atoms with Crippen LogP contribution in [0.5, 0.6) is 0 Å². The zero-order chi connectivity index (χ0) is 14.7. The minimum Gasteiger partial charge on any atom is -0.0885 e. The Morgan fingerprint density at radius 3 is 1.25 bits per heavy atom. The van der Waals surface area contributed by atoms with Gasteiger partial charge in [-0.3, -0.25) is 0 Å². The number of hydrogen-bond donors (Lipinski definition) is 0. The van der Waals surface area contributed by atoms with Gasteiger partial charge in [0.2, 0.25) is 0 Å². The first-order valence-corrected chi connectivity index (χ1v) is 9.15. The second kappa shape index (κ2) is 18.7. The van der Waals surface area contributed by atoms with Gasteiger partial charge in [0.1, 0.15) is 0 Å². The molecule has 0 rings (SSSR count). The SMILES string of the molecule is [CH2]CCC=CCCCCCCCCCCCCCC[CH2]. The highest BCUT2D eigenvalue weighted by molar-refractivity contribution is 4.81. The molecule has 0 aromatic rings. The first-order chi connectivity index (χ1) is 9.91. The average Bonchev–Trinajstić information content (AvgIpc) is 2.47. The molecule has 0 spiro atoms. The van der Waals surface area contributed by atoms with Crippen molar-refractivity contribution in [3.63, 3.8) is 0 Å². The summed E-state index contributed by atoms with van der Waals surface area (Å²) in [4.78, 5) is 0. The number of hydrogen-bond acceptors (Lipinski definition) is 0. The summed E-state index contributed by atoms with van der Waals surface area (Å²) in [5.41, 5.74) is 0. The molecular weight excluding hydrogens is 240 g/mol. The zero-order valence-electron chi connectivity index (χ0n) is 13.9. The molecule has 0 bridgehead atoms. The maximum Gasteiger partial charge on any atom is -0.0351 e. The molecule has 0 aliphatic heterocycles. The lowest BCUT2D eigenvalue weighted by Gasteiger charge is -2.02. The van der Waals surface area contributed by atoms with Crippen LogP contribution in [0.4, 0.5) is 0 Å². The summed E-state index contributed by atoms with van der Waals surface area (Å²) in [5, 5.41) is 0. The van der Waals surface area contributed by atoms with Crippen LogP contribution < -0.4 is 0 Å². The fourth-order valence-electron chi connectivity index (χ4n) is 2.56. The number of allylic oxidation sites excluding steroid dienone is 2. The Morgan fingerprint density at radius 2 is 0.800 bits per heavy atom. The third-order valence-electron chi connectivity index (χ3n) is 3.91. The van der Waals surface area contributed by atoms with Crippen molar-refractivity contribution in [1.29, 1.82) is 0 Å². The van der Waals surface area contributed by atoms with Crippen LogP contribution in [0.2, 0.25) is 0 Å². The maximum atomic E-state index is 3.89. The van der Waals surface area contributed by atoms with E-state index in [0.29, 0.717) is 0 Å². The van der Waals surface area contributed by atoms with E-state index in [1.54, 1.807) is 0 Å². The molecule has 0 nitrogen and oxygen atoms in total. The van der Waals surface area contributed by atoms with Crippen molar-refractivity contribution >= 4 is 0 Å². The van der Waals surface area contributed by atoms with Crippen LogP contribution in [0.1, 0.15) is 103 Å². The van der Waals surface area contributed by atoms with E-state index in [2.05, 4.69) is 26.0 Å². The fourth-order valence-corrected chi connectivity index (χ4v) is 2.56. The highest BCUT2D eigenvalue weighted by Crippen LogP contribution is 2.13. The first-order valence-electron chi connectivity index (χ1n) is 9.15. The molecule has 0 N–H and O–H groups in total. The van der Waals surface area contributed by atoms with Gasteiger partial charge in [0.05, 0.1) is 0 Å². The Hall–Kier alpha value is -0.260. The lowest BCUT2D eigenvalue weighted by molar-refractivity contribution is 0.542. The van der Waals surface area contributed by atoms with Crippen molar-refractivity contribution < 1.29 is 0 Å². The molecule has 0 saturated carbocycles. The monoisotopic (exact) mass is 278 g/mol. The quantitative estimate of drug-likeness (QED) is 0.203. The van der Waals surface area contributed by atoms with Crippen molar-refractivity contribution in [2.24, 2.45) is 0 Å². The van der Waals surface area contributed by atoms with E-state index in [-0.39, 0.29) is 0 Å². The normalized spacial score (nSPS) is 11.5. The fraction of sp³-hybridized carbons (Fsp3) is 0.800. The number of rotatable bonds is 16. The standard InChI is InChI=1S/C20H38/c1-3-5-7-9-11-13-15-17-19-20-18-16-14-12-10-8-6-4-2/h7,9H,1-6,8,10-20H2. The van der Waals surface area contributed by atoms with E-state index in [0.717, 1.165) is 19.3 Å². The number of unbranched alkanes of at least 4 members (excludes halogenated alkanes) is 14. The molecule has 0 aromatic carbocycles. The highest BCUT2D eigenvalue weighted by Gasteiger charge is 1.93. The first kappa shape index (κ1) is 19.7. The van der Waals surface area contributed by atoms with Crippen LogP contribution >= 0.6 is 0 Å². The Balaban J connectivity index is 2.96. The maximum absolute atomic E-state index is 3.89. The zero-order valence-corrected chi connectivity index (χ0v) is 13.9. The summed E-state index contributed by atoms with van der Waals surface area (Å²) in [6.07, 6.45) is 26.3. The van der Waals surface area contributed by atoms with Gasteiger partial charge < -0.3 is 0 Å². The second-order valence-corrected chi connectivity index (χ2v) is 6.00. The molecule has 0 heterocycles. The molecule has 0 fully saturated rings. The van der Waals surface area contributed by atoms with Crippen molar-refractivity contribution in [3.05, 3.63) is 26.0 Å². The molecule has 0 atom stereocenters. The second-order valence-electron chi connectivity index (χ2n) is 6.00. The topological polar surface area (TPSA) is 0 Å². The Morgan fingerprint density at radius 1 is 0.400 bits per heavy atom. The Bertz CT molecular complexity index is 180. The predicted molar refractivity (Wildman–Crippen MR) is 93.7 cm³/mol. The molecule has 0 aliphatic rings. The molecule has 0 amide bonds. The van der Waals surface area contributed by atoms with Gasteiger partial charge in [-0.15, -0.1) is 0 Å². The lowest BCUT2D eigenvalue weighted by Crippen LogP contribution is -1.82. The van der Waals surface area contributed by atoms with E-state index in [1.807, 2.05) is 0 Å². The molecular formula is C20H38. The van der Waals surface area contributed by atoms with Gasteiger partial charge in [0, 0.05) is 0 Å². The highest BCUT2D eigenvalue weighted by atomic mass is 14.0. The third kappa shape index (κ3) is 17.7. The lowest BCUT2D eigenvalue weighted by atomic mass is 10.0. The van der Waals surface area contributed by atoms with E-state index in [4.69, 9.17) is 0 Å². The summed E-state index contributed by atoms with van der Waals surface area (Å²) in [5.74, 6) is 0. The van der Waals surface area contributed by atoms with Gasteiger partial charge in [-0.05, 0) is 25.7 Å². The molecule has 0 heteroatoms.